The fourth-order valence-electron chi connectivity index (χ4n) is 2.58. The normalized spacial score (nSPS) is 18.9. The van der Waals surface area contributed by atoms with E-state index in [0.717, 1.165) is 30.4 Å². The van der Waals surface area contributed by atoms with Crippen LogP contribution in [0.25, 0.3) is 0 Å². The predicted molar refractivity (Wildman–Crippen MR) is 77.8 cm³/mol. The minimum absolute atomic E-state index is 0.305. The second-order valence-electron chi connectivity index (χ2n) is 5.36. The van der Waals surface area contributed by atoms with Gasteiger partial charge in [-0.1, -0.05) is 12.8 Å². The maximum Gasteiger partial charge on any atom is 0.326 e. The zero-order valence-corrected chi connectivity index (χ0v) is 12.2. The highest BCUT2D eigenvalue weighted by atomic mass is 16.4. The number of aryl methyl sites for hydroxylation is 1. The Labute approximate surface area is 124 Å². The Hall–Kier alpha value is -2.11. The average Bonchev–Trinajstić information content (AvgIpc) is 2.72. The molecule has 2 N–H and O–H groups in total. The molecule has 1 saturated heterocycles. The number of aromatic nitrogens is 1. The maximum absolute atomic E-state index is 12.3. The van der Waals surface area contributed by atoms with Crippen LogP contribution in [0.4, 0.5) is 4.79 Å². The van der Waals surface area contributed by atoms with E-state index in [1.54, 1.807) is 12.4 Å². The summed E-state index contributed by atoms with van der Waals surface area (Å²) in [7, 11) is 0. The first-order chi connectivity index (χ1) is 10.1. The van der Waals surface area contributed by atoms with E-state index in [2.05, 4.69) is 10.3 Å². The lowest BCUT2D eigenvalue weighted by atomic mass is 10.1. The van der Waals surface area contributed by atoms with E-state index in [-0.39, 0.29) is 6.03 Å². The number of nitrogens with zero attached hydrogens (tertiary/aromatic N) is 2. The van der Waals surface area contributed by atoms with E-state index in [1.165, 1.54) is 4.90 Å². The van der Waals surface area contributed by atoms with Crippen molar-refractivity contribution >= 4 is 12.0 Å². The van der Waals surface area contributed by atoms with E-state index in [0.29, 0.717) is 19.5 Å². The summed E-state index contributed by atoms with van der Waals surface area (Å²) >= 11 is 0. The Bertz CT molecular complexity index is 519. The molecule has 2 rings (SSSR count). The Kier molecular flexibility index (Phi) is 5.14. The molecule has 2 amide bonds. The van der Waals surface area contributed by atoms with E-state index in [9.17, 15) is 14.7 Å². The van der Waals surface area contributed by atoms with E-state index in [4.69, 9.17) is 0 Å². The maximum atomic E-state index is 12.3. The summed E-state index contributed by atoms with van der Waals surface area (Å²) in [6.45, 7) is 2.81. The van der Waals surface area contributed by atoms with Crippen LogP contribution in [-0.2, 0) is 11.3 Å². The third-order valence-corrected chi connectivity index (χ3v) is 3.87. The molecule has 0 bridgehead atoms. The number of urea groups is 1. The molecule has 114 valence electrons. The van der Waals surface area contributed by atoms with Gasteiger partial charge in [0, 0.05) is 25.5 Å². The Morgan fingerprint density at radius 1 is 1.43 bits per heavy atom. The first-order valence-corrected chi connectivity index (χ1v) is 7.26. The van der Waals surface area contributed by atoms with Gasteiger partial charge in [-0.2, -0.15) is 0 Å². The topological polar surface area (TPSA) is 82.5 Å². The molecule has 1 aromatic heterocycles. The number of carboxylic acid groups (broad SMARTS) is 1. The zero-order chi connectivity index (χ0) is 15.2. The van der Waals surface area contributed by atoms with E-state index < -0.39 is 12.0 Å². The number of pyridine rings is 1. The summed E-state index contributed by atoms with van der Waals surface area (Å²) in [6, 6.07) is 0.832. The van der Waals surface area contributed by atoms with Crippen molar-refractivity contribution in [3.63, 3.8) is 0 Å². The van der Waals surface area contributed by atoms with E-state index in [1.807, 2.05) is 13.0 Å². The second-order valence-corrected chi connectivity index (χ2v) is 5.36. The minimum atomic E-state index is -0.924. The Morgan fingerprint density at radius 2 is 2.24 bits per heavy atom. The summed E-state index contributed by atoms with van der Waals surface area (Å²) in [5.41, 5.74) is 1.99. The molecule has 1 unspecified atom stereocenters. The third-order valence-electron chi connectivity index (χ3n) is 3.87. The Balaban J connectivity index is 2.00. The molecule has 1 aliphatic heterocycles. The second kappa shape index (κ2) is 7.06. The van der Waals surface area contributed by atoms with Gasteiger partial charge in [-0.25, -0.2) is 9.59 Å². The van der Waals surface area contributed by atoms with Crippen molar-refractivity contribution in [2.45, 2.75) is 45.2 Å². The molecule has 1 fully saturated rings. The van der Waals surface area contributed by atoms with Gasteiger partial charge in [0.1, 0.15) is 6.04 Å². The van der Waals surface area contributed by atoms with Crippen molar-refractivity contribution in [2.75, 3.05) is 6.54 Å². The van der Waals surface area contributed by atoms with Crippen LogP contribution in [0.2, 0.25) is 0 Å². The van der Waals surface area contributed by atoms with Crippen molar-refractivity contribution in [1.29, 1.82) is 0 Å². The molecule has 0 radical (unpaired) electrons. The van der Waals surface area contributed by atoms with Crippen LogP contribution < -0.4 is 5.32 Å². The highest BCUT2D eigenvalue weighted by Crippen LogP contribution is 2.17. The lowest BCUT2D eigenvalue weighted by Gasteiger charge is -2.27. The fourth-order valence-corrected chi connectivity index (χ4v) is 2.58. The highest BCUT2D eigenvalue weighted by Gasteiger charge is 2.30. The van der Waals surface area contributed by atoms with Crippen LogP contribution in [0.15, 0.2) is 18.5 Å². The highest BCUT2D eigenvalue weighted by molar-refractivity contribution is 5.82. The molecule has 0 aliphatic carbocycles. The van der Waals surface area contributed by atoms with Crippen molar-refractivity contribution < 1.29 is 14.7 Å². The van der Waals surface area contributed by atoms with Gasteiger partial charge in [0.25, 0.3) is 0 Å². The van der Waals surface area contributed by atoms with Crippen LogP contribution in [0.1, 0.15) is 36.8 Å². The van der Waals surface area contributed by atoms with Crippen molar-refractivity contribution in [2.24, 2.45) is 0 Å². The average molecular weight is 291 g/mol. The molecule has 0 aromatic carbocycles. The number of carboxylic acids is 1. The van der Waals surface area contributed by atoms with Crippen LogP contribution in [0, 0.1) is 6.92 Å². The monoisotopic (exact) mass is 291 g/mol. The van der Waals surface area contributed by atoms with Crippen molar-refractivity contribution in [3.8, 4) is 0 Å². The number of hydrogen-bond acceptors (Lipinski definition) is 3. The summed E-state index contributed by atoms with van der Waals surface area (Å²) in [4.78, 5) is 29.1. The zero-order valence-electron chi connectivity index (χ0n) is 12.2. The number of carbonyl (C=O) groups excluding carboxylic acids is 1. The van der Waals surface area contributed by atoms with Crippen molar-refractivity contribution in [1.82, 2.24) is 15.2 Å². The standard InChI is InChI=1S/C15H21N3O3/c1-11-9-16-7-6-12(11)10-17-15(21)18-8-4-2-3-5-13(18)14(19)20/h6-7,9,13H,2-5,8,10H2,1H3,(H,17,21)(H,19,20). The van der Waals surface area contributed by atoms with E-state index >= 15 is 0 Å². The number of amides is 2. The third kappa shape index (κ3) is 3.93. The molecular weight excluding hydrogens is 270 g/mol. The molecule has 1 aliphatic rings. The molecule has 2 heterocycles. The number of aliphatic carboxylic acids is 1. The lowest BCUT2D eigenvalue weighted by Crippen LogP contribution is -2.49. The van der Waals surface area contributed by atoms with Crippen LogP contribution in [-0.4, -0.2) is 39.6 Å². The smallest absolute Gasteiger partial charge is 0.326 e. The van der Waals surface area contributed by atoms with Gasteiger partial charge in [-0.3, -0.25) is 4.98 Å². The predicted octanol–water partition coefficient (Wildman–Crippen LogP) is 1.93. The van der Waals surface area contributed by atoms with Gasteiger partial charge < -0.3 is 15.3 Å². The molecule has 0 saturated carbocycles. The summed E-state index contributed by atoms with van der Waals surface area (Å²) in [5.74, 6) is -0.924. The van der Waals surface area contributed by atoms with Gasteiger partial charge >= 0.3 is 12.0 Å². The molecule has 6 nitrogen and oxygen atoms in total. The number of nitrogens with one attached hydrogen (secondary N) is 1. The first-order valence-electron chi connectivity index (χ1n) is 7.26. The molecule has 6 heteroatoms. The quantitative estimate of drug-likeness (QED) is 0.891. The van der Waals surface area contributed by atoms with Gasteiger partial charge in [0.15, 0.2) is 0 Å². The van der Waals surface area contributed by atoms with Gasteiger partial charge in [0.05, 0.1) is 0 Å². The van der Waals surface area contributed by atoms with Gasteiger partial charge in [0.2, 0.25) is 0 Å². The number of rotatable bonds is 3. The number of likely N-dealkylation sites (tertiary alicyclic amines) is 1. The van der Waals surface area contributed by atoms with Crippen LogP contribution >= 0.6 is 0 Å². The van der Waals surface area contributed by atoms with Crippen LogP contribution in [0.5, 0.6) is 0 Å². The summed E-state index contributed by atoms with van der Waals surface area (Å²) < 4.78 is 0. The lowest BCUT2D eigenvalue weighted by molar-refractivity contribution is -0.142. The molecular formula is C15H21N3O3. The molecule has 0 spiro atoms. The first kappa shape index (κ1) is 15.3. The summed E-state index contributed by atoms with van der Waals surface area (Å²) in [5, 5.41) is 12.1. The summed E-state index contributed by atoms with van der Waals surface area (Å²) in [6.07, 6.45) is 6.62. The largest absolute Gasteiger partial charge is 0.480 e. The molecule has 1 aromatic rings. The van der Waals surface area contributed by atoms with Gasteiger partial charge in [-0.15, -0.1) is 0 Å². The number of hydrogen-bond donors (Lipinski definition) is 2. The molecule has 21 heavy (non-hydrogen) atoms. The fraction of sp³-hybridized carbons (Fsp3) is 0.533. The number of carbonyl (C=O) groups is 2. The van der Waals surface area contributed by atoms with Gasteiger partial charge in [-0.05, 0) is 37.0 Å². The molecule has 1 atom stereocenters. The minimum Gasteiger partial charge on any atom is -0.480 e. The van der Waals surface area contributed by atoms with Crippen LogP contribution in [0.3, 0.4) is 0 Å². The van der Waals surface area contributed by atoms with Crippen molar-refractivity contribution in [3.05, 3.63) is 29.6 Å². The SMILES string of the molecule is Cc1cnccc1CNC(=O)N1CCCCCC1C(=O)O. The Morgan fingerprint density at radius 3 is 2.95 bits per heavy atom.